The van der Waals surface area contributed by atoms with Gasteiger partial charge in [0.15, 0.2) is 0 Å². The van der Waals surface area contributed by atoms with Crippen LogP contribution in [0.25, 0.3) is 0 Å². The molecular formula is C18H29N5O3. The van der Waals surface area contributed by atoms with Crippen LogP contribution in [0.2, 0.25) is 0 Å². The van der Waals surface area contributed by atoms with Crippen LogP contribution in [0, 0.1) is 0 Å². The van der Waals surface area contributed by atoms with Gasteiger partial charge >= 0.3 is 5.97 Å². The predicted octanol–water partition coefficient (Wildman–Crippen LogP) is 1.18. The zero-order chi connectivity index (χ0) is 18.5. The number of nitrogens with zero attached hydrogens (tertiary/aromatic N) is 4. The number of carbonyl (C=O) groups is 1. The van der Waals surface area contributed by atoms with Crippen molar-refractivity contribution < 1.29 is 15.0 Å². The first kappa shape index (κ1) is 18.8. The zero-order valence-electron chi connectivity index (χ0n) is 15.3. The third kappa shape index (κ3) is 4.42. The quantitative estimate of drug-likeness (QED) is 0.633. The van der Waals surface area contributed by atoms with E-state index in [1.54, 1.807) is 6.33 Å². The summed E-state index contributed by atoms with van der Waals surface area (Å²) in [6, 6.07) is 2.71. The molecule has 1 saturated heterocycles. The van der Waals surface area contributed by atoms with Gasteiger partial charge in [-0.3, -0.25) is 9.69 Å². The maximum atomic E-state index is 10.9. The molecule has 0 spiro atoms. The lowest BCUT2D eigenvalue weighted by Crippen LogP contribution is -2.51. The molecule has 3 N–H and O–H groups in total. The lowest BCUT2D eigenvalue weighted by atomic mass is 9.85. The molecule has 8 nitrogen and oxygen atoms in total. The number of likely N-dealkylation sites (N-methyl/N-ethyl adjacent to an activating group) is 1. The fourth-order valence-corrected chi connectivity index (χ4v) is 3.96. The number of nitrogens with one attached hydrogen (secondary N) is 1. The molecule has 0 radical (unpaired) electrons. The Morgan fingerprint density at radius 2 is 2.19 bits per heavy atom. The number of aromatic nitrogens is 2. The second-order valence-electron chi connectivity index (χ2n) is 7.21. The molecule has 1 aliphatic heterocycles. The number of rotatable bonds is 8. The average molecular weight is 363 g/mol. The first-order valence-corrected chi connectivity index (χ1v) is 9.52. The van der Waals surface area contributed by atoms with E-state index in [2.05, 4.69) is 20.2 Å². The van der Waals surface area contributed by atoms with E-state index in [0.717, 1.165) is 56.8 Å². The Hall–Kier alpha value is -1.93. The zero-order valence-corrected chi connectivity index (χ0v) is 15.3. The molecule has 1 unspecified atom stereocenters. The maximum Gasteiger partial charge on any atom is 0.317 e. The van der Waals surface area contributed by atoms with Crippen molar-refractivity contribution in [1.29, 1.82) is 0 Å². The van der Waals surface area contributed by atoms with Crippen molar-refractivity contribution in [2.45, 2.75) is 57.2 Å². The van der Waals surface area contributed by atoms with Gasteiger partial charge in [-0.05, 0) is 38.6 Å². The molecule has 1 atom stereocenters. The number of hydrogen-bond acceptors (Lipinski definition) is 7. The Morgan fingerprint density at radius 1 is 1.38 bits per heavy atom. The normalized spacial score (nSPS) is 25.8. The molecule has 2 fully saturated rings. The molecule has 1 saturated carbocycles. The second-order valence-corrected chi connectivity index (χ2v) is 7.21. The molecule has 0 aromatic carbocycles. The summed E-state index contributed by atoms with van der Waals surface area (Å²) in [7, 11) is 0. The molecule has 1 aromatic heterocycles. The van der Waals surface area contributed by atoms with Crippen molar-refractivity contribution in [2.24, 2.45) is 0 Å². The number of aliphatic hydroxyl groups excluding tert-OH is 1. The van der Waals surface area contributed by atoms with Crippen LogP contribution in [0.3, 0.4) is 0 Å². The second kappa shape index (κ2) is 8.64. The highest BCUT2D eigenvalue weighted by atomic mass is 16.4. The summed E-state index contributed by atoms with van der Waals surface area (Å²) in [5, 5.41) is 22.0. The SMILES string of the molecule is CCN(CC(=O)O)C1CC(Nc2cc(N3CCCCC3CO)ncn2)C1. The van der Waals surface area contributed by atoms with Crippen molar-refractivity contribution >= 4 is 17.6 Å². The van der Waals surface area contributed by atoms with Crippen LogP contribution in [0.4, 0.5) is 11.6 Å². The van der Waals surface area contributed by atoms with E-state index in [0.29, 0.717) is 12.1 Å². The molecule has 1 aliphatic carbocycles. The number of carboxylic acid groups (broad SMARTS) is 1. The van der Waals surface area contributed by atoms with E-state index < -0.39 is 5.97 Å². The van der Waals surface area contributed by atoms with Gasteiger partial charge in [0.25, 0.3) is 0 Å². The van der Waals surface area contributed by atoms with Crippen molar-refractivity contribution in [3.8, 4) is 0 Å². The third-order valence-corrected chi connectivity index (χ3v) is 5.51. The van der Waals surface area contributed by atoms with E-state index >= 15 is 0 Å². The predicted molar refractivity (Wildman–Crippen MR) is 99.4 cm³/mol. The molecule has 8 heteroatoms. The summed E-state index contributed by atoms with van der Waals surface area (Å²) in [4.78, 5) is 23.8. The van der Waals surface area contributed by atoms with Crippen LogP contribution in [-0.2, 0) is 4.79 Å². The molecule has 26 heavy (non-hydrogen) atoms. The number of hydrogen-bond donors (Lipinski definition) is 3. The number of aliphatic hydroxyl groups is 1. The molecule has 0 bridgehead atoms. The Bertz CT molecular complexity index is 608. The lowest BCUT2D eigenvalue weighted by Gasteiger charge is -2.42. The Labute approximate surface area is 154 Å². The van der Waals surface area contributed by atoms with Crippen LogP contribution in [0.15, 0.2) is 12.4 Å². The number of anilines is 2. The smallest absolute Gasteiger partial charge is 0.317 e. The first-order valence-electron chi connectivity index (χ1n) is 9.52. The summed E-state index contributed by atoms with van der Waals surface area (Å²) >= 11 is 0. The van der Waals surface area contributed by atoms with Crippen molar-refractivity contribution in [3.63, 3.8) is 0 Å². The van der Waals surface area contributed by atoms with Gasteiger partial charge in [-0.25, -0.2) is 9.97 Å². The third-order valence-electron chi connectivity index (χ3n) is 5.51. The molecule has 0 amide bonds. The van der Waals surface area contributed by atoms with Crippen LogP contribution >= 0.6 is 0 Å². The van der Waals surface area contributed by atoms with E-state index in [1.807, 2.05) is 17.9 Å². The number of piperidine rings is 1. The highest BCUT2D eigenvalue weighted by Crippen LogP contribution is 2.29. The highest BCUT2D eigenvalue weighted by Gasteiger charge is 2.34. The number of carboxylic acids is 1. The van der Waals surface area contributed by atoms with Crippen molar-refractivity contribution in [2.75, 3.05) is 36.5 Å². The molecule has 2 aliphatic rings. The first-order chi connectivity index (χ1) is 12.6. The average Bonchev–Trinajstić information content (AvgIpc) is 2.62. The highest BCUT2D eigenvalue weighted by molar-refractivity contribution is 5.69. The molecule has 144 valence electrons. The van der Waals surface area contributed by atoms with Crippen LogP contribution in [0.1, 0.15) is 39.0 Å². The van der Waals surface area contributed by atoms with E-state index in [-0.39, 0.29) is 19.2 Å². The number of aliphatic carboxylic acids is 1. The molecule has 1 aromatic rings. The van der Waals surface area contributed by atoms with Gasteiger partial charge in [0.2, 0.25) is 0 Å². The minimum absolute atomic E-state index is 0.100. The van der Waals surface area contributed by atoms with Gasteiger partial charge in [-0.2, -0.15) is 0 Å². The van der Waals surface area contributed by atoms with Crippen molar-refractivity contribution in [3.05, 3.63) is 12.4 Å². The molecular weight excluding hydrogens is 334 g/mol. The fourth-order valence-electron chi connectivity index (χ4n) is 3.96. The molecule has 2 heterocycles. The summed E-state index contributed by atoms with van der Waals surface area (Å²) in [5.74, 6) is 0.879. The maximum absolute atomic E-state index is 10.9. The monoisotopic (exact) mass is 363 g/mol. The Morgan fingerprint density at radius 3 is 2.88 bits per heavy atom. The van der Waals surface area contributed by atoms with E-state index in [9.17, 15) is 9.90 Å². The summed E-state index contributed by atoms with van der Waals surface area (Å²) in [5.41, 5.74) is 0. The summed E-state index contributed by atoms with van der Waals surface area (Å²) < 4.78 is 0. The van der Waals surface area contributed by atoms with E-state index in [1.165, 1.54) is 0 Å². The van der Waals surface area contributed by atoms with Gasteiger partial charge in [0.05, 0.1) is 19.2 Å². The fraction of sp³-hybridized carbons (Fsp3) is 0.722. The van der Waals surface area contributed by atoms with Crippen LogP contribution in [-0.4, -0.2) is 75.4 Å². The van der Waals surface area contributed by atoms with Gasteiger partial charge in [-0.1, -0.05) is 6.92 Å². The van der Waals surface area contributed by atoms with Crippen LogP contribution < -0.4 is 10.2 Å². The minimum Gasteiger partial charge on any atom is -0.480 e. The van der Waals surface area contributed by atoms with Crippen LogP contribution in [0.5, 0.6) is 0 Å². The van der Waals surface area contributed by atoms with E-state index in [4.69, 9.17) is 5.11 Å². The lowest BCUT2D eigenvalue weighted by molar-refractivity contribution is -0.139. The van der Waals surface area contributed by atoms with Gasteiger partial charge in [0, 0.05) is 24.7 Å². The molecule has 3 rings (SSSR count). The summed E-state index contributed by atoms with van der Waals surface area (Å²) in [6.45, 7) is 3.90. The Kier molecular flexibility index (Phi) is 6.26. The standard InChI is InChI=1S/C18H29N5O3/c1-2-22(10-18(25)26)15-7-13(8-15)21-16-9-17(20-12-19-16)23-6-4-3-5-14(23)11-24/h9,12-15,24H,2-8,10-11H2,1H3,(H,25,26)(H,19,20,21). The largest absolute Gasteiger partial charge is 0.480 e. The van der Waals surface area contributed by atoms with Gasteiger partial charge in [0.1, 0.15) is 18.0 Å². The Balaban J connectivity index is 1.56. The van der Waals surface area contributed by atoms with Gasteiger partial charge < -0.3 is 20.4 Å². The minimum atomic E-state index is -0.774. The summed E-state index contributed by atoms with van der Waals surface area (Å²) in [6.07, 6.45) is 6.66. The van der Waals surface area contributed by atoms with Crippen molar-refractivity contribution in [1.82, 2.24) is 14.9 Å². The topological polar surface area (TPSA) is 102 Å². The van der Waals surface area contributed by atoms with Gasteiger partial charge in [-0.15, -0.1) is 0 Å².